The number of rotatable bonds is 4. The third kappa shape index (κ3) is 3.21. The van der Waals surface area contributed by atoms with Crippen LogP contribution in [0.3, 0.4) is 0 Å². The predicted octanol–water partition coefficient (Wildman–Crippen LogP) is 0.928. The summed E-state index contributed by atoms with van der Waals surface area (Å²) in [6.07, 6.45) is 6.97. The molecule has 2 heterocycles. The molecule has 0 amide bonds. The molecule has 1 aliphatic carbocycles. The smallest absolute Gasteiger partial charge is 0.293 e. The fourth-order valence-corrected chi connectivity index (χ4v) is 4.16. The summed E-state index contributed by atoms with van der Waals surface area (Å²) in [5, 5.41) is 9.82. The normalized spacial score (nSPS) is 18.6. The van der Waals surface area contributed by atoms with Gasteiger partial charge in [-0.1, -0.05) is 6.92 Å². The van der Waals surface area contributed by atoms with Crippen molar-refractivity contribution in [2.24, 2.45) is 0 Å². The number of piperazine rings is 1. The quantitative estimate of drug-likeness (QED) is 0.898. The van der Waals surface area contributed by atoms with E-state index in [1.54, 1.807) is 4.90 Å². The van der Waals surface area contributed by atoms with Crippen molar-refractivity contribution in [3.8, 4) is 6.07 Å². The highest BCUT2D eigenvalue weighted by Crippen LogP contribution is 2.30. The third-order valence-corrected chi connectivity index (χ3v) is 5.54. The second-order valence-electron chi connectivity index (χ2n) is 6.94. The van der Waals surface area contributed by atoms with Crippen LogP contribution in [0.2, 0.25) is 0 Å². The zero-order valence-electron chi connectivity index (χ0n) is 14.7. The number of likely N-dealkylation sites (N-methyl/N-ethyl adjacent to an activating group) is 1. The van der Waals surface area contributed by atoms with E-state index in [0.29, 0.717) is 0 Å². The molecular weight excluding hydrogens is 284 g/mol. The van der Waals surface area contributed by atoms with Crippen molar-refractivity contribution in [1.82, 2.24) is 0 Å². The van der Waals surface area contributed by atoms with Crippen LogP contribution >= 0.6 is 0 Å². The first kappa shape index (κ1) is 16.3. The lowest BCUT2D eigenvalue weighted by atomic mass is 9.86. The minimum Gasteiger partial charge on any atom is -0.329 e. The van der Waals surface area contributed by atoms with Crippen molar-refractivity contribution in [2.45, 2.75) is 52.4 Å². The van der Waals surface area contributed by atoms with Gasteiger partial charge in [0.15, 0.2) is 0 Å². The lowest BCUT2D eigenvalue weighted by Crippen LogP contribution is -3.14. The van der Waals surface area contributed by atoms with Gasteiger partial charge in [0.25, 0.3) is 5.82 Å². The molecule has 124 valence electrons. The van der Waals surface area contributed by atoms with Crippen molar-refractivity contribution in [2.75, 3.05) is 37.6 Å². The van der Waals surface area contributed by atoms with Crippen LogP contribution < -0.4 is 14.8 Å². The fourth-order valence-electron chi connectivity index (χ4n) is 4.16. The van der Waals surface area contributed by atoms with Crippen molar-refractivity contribution < 1.29 is 9.88 Å². The second kappa shape index (κ2) is 7.31. The molecule has 0 radical (unpaired) electrons. The van der Waals surface area contributed by atoms with Crippen molar-refractivity contribution in [1.29, 1.82) is 5.26 Å². The molecule has 2 N–H and O–H groups in total. The van der Waals surface area contributed by atoms with Crippen LogP contribution in [-0.2, 0) is 19.3 Å². The highest BCUT2D eigenvalue weighted by Gasteiger charge is 2.32. The minimum atomic E-state index is 0.930. The van der Waals surface area contributed by atoms with Crippen LogP contribution in [0.25, 0.3) is 0 Å². The minimum absolute atomic E-state index is 0.930. The maximum absolute atomic E-state index is 9.82. The van der Waals surface area contributed by atoms with Crippen LogP contribution in [0.15, 0.2) is 0 Å². The van der Waals surface area contributed by atoms with Gasteiger partial charge < -0.3 is 4.90 Å². The molecule has 1 aromatic heterocycles. The number of nitrogens with one attached hydrogen (secondary N) is 2. The van der Waals surface area contributed by atoms with Crippen molar-refractivity contribution >= 4 is 5.82 Å². The Balaban J connectivity index is 1.99. The molecule has 23 heavy (non-hydrogen) atoms. The summed E-state index contributed by atoms with van der Waals surface area (Å²) in [4.78, 5) is 7.78. The molecule has 0 unspecified atom stereocenters. The maximum atomic E-state index is 9.82. The molecule has 1 saturated heterocycles. The van der Waals surface area contributed by atoms with E-state index >= 15 is 0 Å². The summed E-state index contributed by atoms with van der Waals surface area (Å²) in [6, 6.07) is 2.54. The average molecular weight is 314 g/mol. The Labute approximate surface area is 140 Å². The number of nitrogens with zero attached hydrogens (tertiary/aromatic N) is 2. The molecule has 0 saturated carbocycles. The Morgan fingerprint density at radius 2 is 1.83 bits per heavy atom. The van der Waals surface area contributed by atoms with Gasteiger partial charge in [0.1, 0.15) is 43.5 Å². The Bertz CT molecular complexity index is 594. The van der Waals surface area contributed by atoms with Crippen LogP contribution in [0.5, 0.6) is 0 Å². The molecule has 0 aromatic carbocycles. The zero-order valence-corrected chi connectivity index (χ0v) is 14.7. The van der Waals surface area contributed by atoms with Crippen LogP contribution in [-0.4, -0.2) is 32.7 Å². The fraction of sp³-hybridized carbons (Fsp3) is 0.684. The molecule has 3 rings (SSSR count). The highest BCUT2D eigenvalue weighted by molar-refractivity contribution is 5.58. The first-order chi connectivity index (χ1) is 11.3. The van der Waals surface area contributed by atoms with Gasteiger partial charge in [-0.05, 0) is 50.2 Å². The van der Waals surface area contributed by atoms with Crippen LogP contribution in [0, 0.1) is 11.3 Å². The SMILES string of the molecule is CCCc1[nH+]c(N2CC[NH+](CC)CC2)c(C#N)c2c1CCCC2. The van der Waals surface area contributed by atoms with Gasteiger partial charge in [-0.3, -0.25) is 0 Å². The number of H-pyrrole nitrogens is 1. The lowest BCUT2D eigenvalue weighted by molar-refractivity contribution is -0.898. The number of anilines is 1. The van der Waals surface area contributed by atoms with Gasteiger partial charge in [0.2, 0.25) is 0 Å². The van der Waals surface area contributed by atoms with Gasteiger partial charge in [-0.2, -0.15) is 5.26 Å². The number of hydrogen-bond donors (Lipinski definition) is 1. The van der Waals surface area contributed by atoms with Gasteiger partial charge in [0.05, 0.1) is 6.54 Å². The number of aryl methyl sites for hydroxylation is 1. The molecule has 2 aliphatic rings. The number of quaternary nitrogens is 1. The van der Waals surface area contributed by atoms with E-state index in [9.17, 15) is 5.26 Å². The molecule has 1 fully saturated rings. The van der Waals surface area contributed by atoms with E-state index in [1.807, 2.05) is 0 Å². The molecular formula is C19H30N4+2. The van der Waals surface area contributed by atoms with Crippen LogP contribution in [0.4, 0.5) is 5.82 Å². The van der Waals surface area contributed by atoms with E-state index in [4.69, 9.17) is 0 Å². The van der Waals surface area contributed by atoms with Gasteiger partial charge in [-0.15, -0.1) is 0 Å². The number of nitriles is 1. The largest absolute Gasteiger partial charge is 0.329 e. The molecule has 0 atom stereocenters. The summed E-state index contributed by atoms with van der Waals surface area (Å²) in [7, 11) is 0. The van der Waals surface area contributed by atoms with Gasteiger partial charge >= 0.3 is 0 Å². The van der Waals surface area contributed by atoms with E-state index in [2.05, 4.69) is 29.8 Å². The predicted molar refractivity (Wildman–Crippen MR) is 91.8 cm³/mol. The summed E-state index contributed by atoms with van der Waals surface area (Å²) in [5.41, 5.74) is 5.12. The molecule has 0 spiro atoms. The standard InChI is InChI=1S/C19H28N4/c1-3-7-18-16-9-6-5-8-15(16)17(14-20)19(21-18)23-12-10-22(4-2)11-13-23/h3-13H2,1-2H3/p+2. The summed E-state index contributed by atoms with van der Waals surface area (Å²) in [6.45, 7) is 10.2. The lowest BCUT2D eigenvalue weighted by Gasteiger charge is -2.29. The first-order valence-corrected chi connectivity index (χ1v) is 9.37. The monoisotopic (exact) mass is 314 g/mol. The van der Waals surface area contributed by atoms with E-state index in [1.165, 1.54) is 49.3 Å². The van der Waals surface area contributed by atoms with E-state index < -0.39 is 0 Å². The zero-order chi connectivity index (χ0) is 16.2. The second-order valence-corrected chi connectivity index (χ2v) is 6.94. The Morgan fingerprint density at radius 1 is 1.13 bits per heavy atom. The third-order valence-electron chi connectivity index (χ3n) is 5.54. The summed E-state index contributed by atoms with van der Waals surface area (Å²) in [5.74, 6) is 1.10. The van der Waals surface area contributed by atoms with Crippen molar-refractivity contribution in [3.63, 3.8) is 0 Å². The van der Waals surface area contributed by atoms with Crippen molar-refractivity contribution in [3.05, 3.63) is 22.4 Å². The molecule has 1 aliphatic heterocycles. The molecule has 4 nitrogen and oxygen atoms in total. The number of pyridine rings is 1. The van der Waals surface area contributed by atoms with E-state index in [-0.39, 0.29) is 0 Å². The Hall–Kier alpha value is -1.60. The molecule has 1 aromatic rings. The Kier molecular flexibility index (Phi) is 5.17. The topological polar surface area (TPSA) is 45.6 Å². The van der Waals surface area contributed by atoms with Gasteiger partial charge in [0, 0.05) is 6.42 Å². The number of hydrogen-bond acceptors (Lipinski definition) is 2. The molecule has 0 bridgehead atoms. The van der Waals surface area contributed by atoms with E-state index in [0.717, 1.165) is 50.2 Å². The summed E-state index contributed by atoms with van der Waals surface area (Å²) < 4.78 is 0. The maximum Gasteiger partial charge on any atom is 0.293 e. The Morgan fingerprint density at radius 3 is 2.43 bits per heavy atom. The van der Waals surface area contributed by atoms with Gasteiger partial charge in [-0.25, -0.2) is 9.88 Å². The highest BCUT2D eigenvalue weighted by atomic mass is 15.3. The summed E-state index contributed by atoms with van der Waals surface area (Å²) >= 11 is 0. The number of fused-ring (bicyclic) bond motifs is 1. The number of aromatic nitrogens is 1. The van der Waals surface area contributed by atoms with Crippen LogP contribution in [0.1, 0.15) is 55.5 Å². The number of aromatic amines is 1. The molecule has 4 heteroatoms. The average Bonchev–Trinajstić information content (AvgIpc) is 2.62. The first-order valence-electron chi connectivity index (χ1n) is 9.37.